The molecule has 0 saturated heterocycles. The summed E-state index contributed by atoms with van der Waals surface area (Å²) in [7, 11) is 0. The molecule has 0 aliphatic carbocycles. The third-order valence-electron chi connectivity index (χ3n) is 3.94. The van der Waals surface area contributed by atoms with E-state index in [4.69, 9.17) is 4.74 Å². The highest BCUT2D eigenvalue weighted by Gasteiger charge is 2.13. The molecule has 0 saturated carbocycles. The lowest BCUT2D eigenvalue weighted by molar-refractivity contribution is 0.102. The van der Waals surface area contributed by atoms with Crippen LogP contribution in [0.15, 0.2) is 77.7 Å². The van der Waals surface area contributed by atoms with E-state index in [1.165, 1.54) is 10.6 Å². The Kier molecular flexibility index (Phi) is 5.71. The number of ether oxygens (including phenoxy) is 1. The Balaban J connectivity index is 1.75. The number of carbonyl (C=O) groups is 1. The number of amides is 1. The lowest BCUT2D eigenvalue weighted by atomic mass is 10.2. The minimum absolute atomic E-state index is 0.0813. The van der Waals surface area contributed by atoms with Gasteiger partial charge in [0.25, 0.3) is 11.5 Å². The SMILES string of the molecule is CC(C)Oc1ccc(NC(=O)c2cccn(Cc3ccccc3)c2=O)cc1. The van der Waals surface area contributed by atoms with Crippen LogP contribution >= 0.6 is 0 Å². The van der Waals surface area contributed by atoms with Crippen molar-refractivity contribution in [3.63, 3.8) is 0 Å². The number of anilines is 1. The molecule has 0 bridgehead atoms. The maximum absolute atomic E-state index is 12.7. The lowest BCUT2D eigenvalue weighted by Crippen LogP contribution is -2.29. The normalized spacial score (nSPS) is 10.6. The zero-order chi connectivity index (χ0) is 19.2. The van der Waals surface area contributed by atoms with Crippen molar-refractivity contribution in [2.45, 2.75) is 26.5 Å². The minimum atomic E-state index is -0.431. The van der Waals surface area contributed by atoms with Crippen LogP contribution in [-0.2, 0) is 6.54 Å². The first kappa shape index (κ1) is 18.5. The molecule has 0 unspecified atom stereocenters. The van der Waals surface area contributed by atoms with Crippen LogP contribution in [0.3, 0.4) is 0 Å². The number of nitrogens with one attached hydrogen (secondary N) is 1. The first-order valence-electron chi connectivity index (χ1n) is 8.84. The van der Waals surface area contributed by atoms with Crippen LogP contribution in [0.1, 0.15) is 29.8 Å². The predicted molar refractivity (Wildman–Crippen MR) is 106 cm³/mol. The lowest BCUT2D eigenvalue weighted by Gasteiger charge is -2.11. The van der Waals surface area contributed by atoms with E-state index >= 15 is 0 Å². The third kappa shape index (κ3) is 4.85. The number of benzene rings is 2. The second-order valence-electron chi connectivity index (χ2n) is 6.49. The average molecular weight is 362 g/mol. The van der Waals surface area contributed by atoms with Gasteiger partial charge in [-0.1, -0.05) is 30.3 Å². The van der Waals surface area contributed by atoms with Crippen LogP contribution in [0.2, 0.25) is 0 Å². The molecule has 0 aliphatic rings. The summed E-state index contributed by atoms with van der Waals surface area (Å²) in [6.45, 7) is 4.32. The Morgan fingerprint density at radius 2 is 1.70 bits per heavy atom. The summed E-state index contributed by atoms with van der Waals surface area (Å²) in [5.74, 6) is 0.299. The molecule has 0 radical (unpaired) electrons. The van der Waals surface area contributed by atoms with Gasteiger partial charge < -0.3 is 14.6 Å². The molecule has 0 fully saturated rings. The second-order valence-corrected chi connectivity index (χ2v) is 6.49. The largest absolute Gasteiger partial charge is 0.491 e. The highest BCUT2D eigenvalue weighted by atomic mass is 16.5. The molecule has 1 aromatic heterocycles. The van der Waals surface area contributed by atoms with E-state index in [0.29, 0.717) is 12.2 Å². The van der Waals surface area contributed by atoms with Crippen LogP contribution in [0.5, 0.6) is 5.75 Å². The van der Waals surface area contributed by atoms with E-state index in [-0.39, 0.29) is 17.2 Å². The fourth-order valence-corrected chi connectivity index (χ4v) is 2.70. The first-order valence-corrected chi connectivity index (χ1v) is 8.84. The van der Waals surface area contributed by atoms with E-state index in [2.05, 4.69) is 5.32 Å². The highest BCUT2D eigenvalue weighted by Crippen LogP contribution is 2.17. The highest BCUT2D eigenvalue weighted by molar-refractivity contribution is 6.04. The molecule has 5 heteroatoms. The van der Waals surface area contributed by atoms with Gasteiger partial charge in [0.2, 0.25) is 0 Å². The minimum Gasteiger partial charge on any atom is -0.491 e. The van der Waals surface area contributed by atoms with Crippen molar-refractivity contribution < 1.29 is 9.53 Å². The summed E-state index contributed by atoms with van der Waals surface area (Å²) in [6.07, 6.45) is 1.77. The Hall–Kier alpha value is -3.34. The van der Waals surface area contributed by atoms with Gasteiger partial charge in [0, 0.05) is 11.9 Å². The Bertz CT molecular complexity index is 961. The maximum Gasteiger partial charge on any atom is 0.263 e. The van der Waals surface area contributed by atoms with Gasteiger partial charge in [0.1, 0.15) is 11.3 Å². The van der Waals surface area contributed by atoms with Crippen LogP contribution in [-0.4, -0.2) is 16.6 Å². The molecule has 1 N–H and O–H groups in total. The molecule has 2 aromatic carbocycles. The number of carbonyl (C=O) groups excluding carboxylic acids is 1. The molecule has 5 nitrogen and oxygen atoms in total. The van der Waals surface area contributed by atoms with Gasteiger partial charge in [-0.3, -0.25) is 9.59 Å². The van der Waals surface area contributed by atoms with Crippen molar-refractivity contribution in [2.75, 3.05) is 5.32 Å². The van der Waals surface area contributed by atoms with Crippen molar-refractivity contribution in [1.29, 1.82) is 0 Å². The third-order valence-corrected chi connectivity index (χ3v) is 3.94. The molecular weight excluding hydrogens is 340 g/mol. The topological polar surface area (TPSA) is 60.3 Å². The van der Waals surface area contributed by atoms with Gasteiger partial charge in [-0.15, -0.1) is 0 Å². The Labute approximate surface area is 158 Å². The number of hydrogen-bond donors (Lipinski definition) is 1. The Morgan fingerprint density at radius 3 is 2.37 bits per heavy atom. The van der Waals surface area contributed by atoms with E-state index in [1.807, 2.05) is 44.2 Å². The molecule has 27 heavy (non-hydrogen) atoms. The quantitative estimate of drug-likeness (QED) is 0.723. The smallest absolute Gasteiger partial charge is 0.263 e. The van der Waals surface area contributed by atoms with Crippen molar-refractivity contribution in [1.82, 2.24) is 4.57 Å². The molecular formula is C22H22N2O3. The second kappa shape index (κ2) is 8.36. The summed E-state index contributed by atoms with van der Waals surface area (Å²) in [6, 6.07) is 20.0. The molecule has 0 aliphatic heterocycles. The fourth-order valence-electron chi connectivity index (χ4n) is 2.70. The molecule has 138 valence electrons. The van der Waals surface area contributed by atoms with E-state index in [0.717, 1.165) is 11.3 Å². The van der Waals surface area contributed by atoms with Crippen molar-refractivity contribution in [2.24, 2.45) is 0 Å². The standard InChI is InChI=1S/C22H22N2O3/c1-16(2)27-19-12-10-18(11-13-19)23-21(25)20-9-6-14-24(22(20)26)15-17-7-4-3-5-8-17/h3-14,16H,15H2,1-2H3,(H,23,25). The van der Waals surface area contributed by atoms with Gasteiger partial charge in [0.05, 0.1) is 12.6 Å². The molecule has 0 spiro atoms. The first-order chi connectivity index (χ1) is 13.0. The van der Waals surface area contributed by atoms with Crippen LogP contribution < -0.4 is 15.6 Å². The molecule has 0 atom stereocenters. The maximum atomic E-state index is 12.7. The average Bonchev–Trinajstić information content (AvgIpc) is 2.65. The van der Waals surface area contributed by atoms with Crippen LogP contribution in [0.4, 0.5) is 5.69 Å². The zero-order valence-corrected chi connectivity index (χ0v) is 15.4. The molecule has 3 aromatic rings. The molecule has 3 rings (SSSR count). The Morgan fingerprint density at radius 1 is 1.00 bits per heavy atom. The summed E-state index contributed by atoms with van der Waals surface area (Å²) in [5.41, 5.74) is 1.39. The monoisotopic (exact) mass is 362 g/mol. The number of pyridine rings is 1. The summed E-state index contributed by atoms with van der Waals surface area (Å²) in [5, 5.41) is 2.76. The summed E-state index contributed by atoms with van der Waals surface area (Å²) >= 11 is 0. The molecule has 1 heterocycles. The van der Waals surface area contributed by atoms with Gasteiger partial charge in [-0.2, -0.15) is 0 Å². The van der Waals surface area contributed by atoms with Crippen LogP contribution in [0, 0.1) is 0 Å². The number of hydrogen-bond acceptors (Lipinski definition) is 3. The van der Waals surface area contributed by atoms with Gasteiger partial charge in [0.15, 0.2) is 0 Å². The summed E-state index contributed by atoms with van der Waals surface area (Å²) < 4.78 is 7.12. The van der Waals surface area contributed by atoms with Gasteiger partial charge in [-0.25, -0.2) is 0 Å². The number of aromatic nitrogens is 1. The van der Waals surface area contributed by atoms with Crippen molar-refractivity contribution >= 4 is 11.6 Å². The van der Waals surface area contributed by atoms with Crippen LogP contribution in [0.25, 0.3) is 0 Å². The molecule has 1 amide bonds. The van der Waals surface area contributed by atoms with Gasteiger partial charge >= 0.3 is 0 Å². The van der Waals surface area contributed by atoms with Crippen molar-refractivity contribution in [3.05, 3.63) is 94.4 Å². The van der Waals surface area contributed by atoms with Crippen molar-refractivity contribution in [3.8, 4) is 5.75 Å². The number of rotatable bonds is 6. The van der Waals surface area contributed by atoms with Gasteiger partial charge in [-0.05, 0) is 55.8 Å². The summed E-state index contributed by atoms with van der Waals surface area (Å²) in [4.78, 5) is 25.2. The van der Waals surface area contributed by atoms with E-state index < -0.39 is 5.91 Å². The van der Waals surface area contributed by atoms with E-state index in [9.17, 15) is 9.59 Å². The van der Waals surface area contributed by atoms with E-state index in [1.54, 1.807) is 36.5 Å². The number of nitrogens with zero attached hydrogens (tertiary/aromatic N) is 1. The fraction of sp³-hybridized carbons (Fsp3) is 0.182. The zero-order valence-electron chi connectivity index (χ0n) is 15.4. The predicted octanol–water partition coefficient (Wildman–Crippen LogP) is 3.94.